The van der Waals surface area contributed by atoms with Gasteiger partial charge >= 0.3 is 5.97 Å². The number of aryl methyl sites for hydroxylation is 2. The number of aliphatic carboxylic acids is 1. The molecule has 0 saturated carbocycles. The lowest BCUT2D eigenvalue weighted by atomic mass is 9.74. The number of nitrogens with zero attached hydrogens (tertiary/aromatic N) is 2. The van der Waals surface area contributed by atoms with E-state index in [1.807, 2.05) is 0 Å². The van der Waals surface area contributed by atoms with Gasteiger partial charge in [0.15, 0.2) is 0 Å². The fourth-order valence-corrected chi connectivity index (χ4v) is 3.40. The van der Waals surface area contributed by atoms with Crippen molar-refractivity contribution in [2.45, 2.75) is 20.3 Å². The average Bonchev–Trinajstić information content (AvgIpc) is 3.00. The van der Waals surface area contributed by atoms with Crippen LogP contribution in [0.5, 0.6) is 0 Å². The molecule has 3 heterocycles. The Balaban J connectivity index is 1.89. The number of carboxylic acid groups (broad SMARTS) is 1. The molecule has 0 aliphatic carbocycles. The van der Waals surface area contributed by atoms with Crippen molar-refractivity contribution in [2.24, 2.45) is 11.3 Å². The lowest BCUT2D eigenvalue weighted by Crippen LogP contribution is -2.45. The van der Waals surface area contributed by atoms with Crippen LogP contribution in [0.15, 0.2) is 4.52 Å². The summed E-state index contributed by atoms with van der Waals surface area (Å²) in [5.41, 5.74) is 0.0930. The van der Waals surface area contributed by atoms with Crippen LogP contribution in [0, 0.1) is 25.2 Å². The van der Waals surface area contributed by atoms with E-state index < -0.39 is 11.4 Å². The molecule has 2 aliphatic rings. The topological polar surface area (TPSA) is 92.9 Å². The number of carboxylic acids is 1. The van der Waals surface area contributed by atoms with Gasteiger partial charge in [-0.05, 0) is 20.3 Å². The van der Waals surface area contributed by atoms with Gasteiger partial charge in [-0.2, -0.15) is 0 Å². The summed E-state index contributed by atoms with van der Waals surface area (Å²) in [6, 6.07) is 0. The molecule has 1 aromatic heterocycles. The fourth-order valence-electron chi connectivity index (χ4n) is 3.40. The lowest BCUT2D eigenvalue weighted by Gasteiger charge is -2.33. The zero-order valence-electron chi connectivity index (χ0n) is 12.1. The van der Waals surface area contributed by atoms with Crippen LogP contribution in [0.2, 0.25) is 0 Å². The highest BCUT2D eigenvalue weighted by atomic mass is 16.5. The number of carbonyl (C=O) groups excluding carboxylic acids is 1. The van der Waals surface area contributed by atoms with Crippen molar-refractivity contribution >= 4 is 11.9 Å². The Morgan fingerprint density at radius 3 is 2.76 bits per heavy atom. The molecule has 7 heteroatoms. The maximum absolute atomic E-state index is 12.7. The van der Waals surface area contributed by atoms with Crippen molar-refractivity contribution in [2.75, 3.05) is 26.3 Å². The van der Waals surface area contributed by atoms with Gasteiger partial charge in [0, 0.05) is 25.6 Å². The van der Waals surface area contributed by atoms with Gasteiger partial charge in [0.25, 0.3) is 5.91 Å². The first-order chi connectivity index (χ1) is 9.95. The van der Waals surface area contributed by atoms with Crippen molar-refractivity contribution < 1.29 is 24.0 Å². The first-order valence-electron chi connectivity index (χ1n) is 6.99. The molecule has 0 bridgehead atoms. The maximum Gasteiger partial charge on any atom is 0.311 e. The highest BCUT2D eigenvalue weighted by Crippen LogP contribution is 2.43. The minimum absolute atomic E-state index is 0.159. The highest BCUT2D eigenvalue weighted by Gasteiger charge is 2.55. The largest absolute Gasteiger partial charge is 0.481 e. The smallest absolute Gasteiger partial charge is 0.311 e. The Bertz CT molecular complexity index is 577. The minimum atomic E-state index is -0.882. The van der Waals surface area contributed by atoms with Crippen LogP contribution in [-0.4, -0.2) is 53.3 Å². The van der Waals surface area contributed by atoms with Gasteiger partial charge in [0.05, 0.1) is 17.7 Å². The highest BCUT2D eigenvalue weighted by molar-refractivity contribution is 5.97. The third kappa shape index (κ3) is 2.03. The molecule has 21 heavy (non-hydrogen) atoms. The number of hydrogen-bond donors (Lipinski definition) is 1. The van der Waals surface area contributed by atoms with E-state index in [4.69, 9.17) is 9.26 Å². The Labute approximate surface area is 121 Å². The molecule has 7 nitrogen and oxygen atoms in total. The second kappa shape index (κ2) is 4.84. The molecule has 1 N–H and O–H groups in total. The van der Waals surface area contributed by atoms with E-state index in [0.29, 0.717) is 43.2 Å². The molecule has 2 aliphatic heterocycles. The van der Waals surface area contributed by atoms with Gasteiger partial charge in [0.1, 0.15) is 11.3 Å². The fraction of sp³-hybridized carbons (Fsp3) is 0.643. The number of rotatable bonds is 2. The van der Waals surface area contributed by atoms with Crippen molar-refractivity contribution in [1.29, 1.82) is 0 Å². The van der Waals surface area contributed by atoms with Crippen LogP contribution in [0.1, 0.15) is 28.2 Å². The van der Waals surface area contributed by atoms with Crippen molar-refractivity contribution in [3.8, 4) is 0 Å². The zero-order valence-corrected chi connectivity index (χ0v) is 12.1. The van der Waals surface area contributed by atoms with E-state index in [1.54, 1.807) is 18.7 Å². The second-order valence-corrected chi connectivity index (χ2v) is 5.87. The van der Waals surface area contributed by atoms with E-state index in [0.717, 1.165) is 0 Å². The van der Waals surface area contributed by atoms with Crippen LogP contribution in [0.25, 0.3) is 0 Å². The number of ether oxygens (including phenoxy) is 1. The number of likely N-dealkylation sites (tertiary alicyclic amines) is 1. The van der Waals surface area contributed by atoms with Crippen LogP contribution < -0.4 is 0 Å². The molecular weight excluding hydrogens is 276 g/mol. The zero-order chi connectivity index (χ0) is 15.2. The van der Waals surface area contributed by atoms with E-state index in [1.165, 1.54) is 0 Å². The van der Waals surface area contributed by atoms with Crippen molar-refractivity contribution in [3.63, 3.8) is 0 Å². The summed E-state index contributed by atoms with van der Waals surface area (Å²) in [6.07, 6.45) is 0.443. The van der Waals surface area contributed by atoms with Gasteiger partial charge in [-0.1, -0.05) is 5.16 Å². The third-order valence-electron chi connectivity index (χ3n) is 4.67. The molecule has 114 valence electrons. The molecule has 1 amide bonds. The number of hydrogen-bond acceptors (Lipinski definition) is 5. The van der Waals surface area contributed by atoms with Gasteiger partial charge in [-0.3, -0.25) is 9.59 Å². The van der Waals surface area contributed by atoms with E-state index in [-0.39, 0.29) is 18.4 Å². The summed E-state index contributed by atoms with van der Waals surface area (Å²) in [7, 11) is 0. The molecule has 0 radical (unpaired) electrons. The maximum atomic E-state index is 12.7. The molecular formula is C14H18N2O5. The molecule has 2 atom stereocenters. The van der Waals surface area contributed by atoms with Crippen LogP contribution in [0.4, 0.5) is 0 Å². The first kappa shape index (κ1) is 14.1. The molecule has 1 aromatic rings. The Kier molecular flexibility index (Phi) is 3.24. The van der Waals surface area contributed by atoms with E-state index >= 15 is 0 Å². The predicted octanol–water partition coefficient (Wildman–Crippen LogP) is 0.855. The normalized spacial score (nSPS) is 28.5. The van der Waals surface area contributed by atoms with Crippen LogP contribution >= 0.6 is 0 Å². The summed E-state index contributed by atoms with van der Waals surface area (Å²) in [5, 5.41) is 13.4. The van der Waals surface area contributed by atoms with E-state index in [9.17, 15) is 14.7 Å². The minimum Gasteiger partial charge on any atom is -0.481 e. The number of fused-ring (bicyclic) bond motifs is 1. The molecule has 2 fully saturated rings. The van der Waals surface area contributed by atoms with E-state index in [2.05, 4.69) is 5.16 Å². The first-order valence-corrected chi connectivity index (χ1v) is 6.99. The summed E-state index contributed by atoms with van der Waals surface area (Å²) >= 11 is 0. The number of carbonyl (C=O) groups is 2. The quantitative estimate of drug-likeness (QED) is 0.869. The summed E-state index contributed by atoms with van der Waals surface area (Å²) in [6.45, 7) is 4.83. The molecule has 3 rings (SSSR count). The third-order valence-corrected chi connectivity index (χ3v) is 4.67. The standard InChI is InChI=1S/C14H18N2O5/c1-8-11(9(2)21-15-8)12(17)16-5-10-6-20-4-3-14(10,7-16)13(18)19/h10H,3-7H2,1-2H3,(H,18,19)/t10-,14+/m0/s1. The molecule has 0 aromatic carbocycles. The number of aromatic nitrogens is 1. The Hall–Kier alpha value is -1.89. The SMILES string of the molecule is Cc1noc(C)c1C(=O)N1C[C@H]2COCC[C@@]2(C(=O)O)C1. The second-order valence-electron chi connectivity index (χ2n) is 5.87. The Morgan fingerprint density at radius 1 is 1.43 bits per heavy atom. The molecule has 0 spiro atoms. The van der Waals surface area contributed by atoms with Crippen molar-refractivity contribution in [3.05, 3.63) is 17.0 Å². The van der Waals surface area contributed by atoms with Crippen molar-refractivity contribution in [1.82, 2.24) is 10.1 Å². The lowest BCUT2D eigenvalue weighted by molar-refractivity contribution is -0.157. The van der Waals surface area contributed by atoms with Gasteiger partial charge in [-0.15, -0.1) is 0 Å². The monoisotopic (exact) mass is 294 g/mol. The Morgan fingerprint density at radius 2 is 2.19 bits per heavy atom. The number of amides is 1. The van der Waals surface area contributed by atoms with Crippen LogP contribution in [-0.2, 0) is 9.53 Å². The van der Waals surface area contributed by atoms with Gasteiger partial charge in [-0.25, -0.2) is 0 Å². The predicted molar refractivity (Wildman–Crippen MR) is 70.9 cm³/mol. The van der Waals surface area contributed by atoms with Crippen LogP contribution in [0.3, 0.4) is 0 Å². The summed E-state index contributed by atoms with van der Waals surface area (Å²) < 4.78 is 10.4. The summed E-state index contributed by atoms with van der Waals surface area (Å²) in [4.78, 5) is 26.0. The average molecular weight is 294 g/mol. The molecule has 0 unspecified atom stereocenters. The molecule has 2 saturated heterocycles. The van der Waals surface area contributed by atoms with Gasteiger partial charge < -0.3 is 19.3 Å². The summed E-state index contributed by atoms with van der Waals surface area (Å²) in [5.74, 6) is -0.743. The van der Waals surface area contributed by atoms with Gasteiger partial charge in [0.2, 0.25) is 0 Å².